The van der Waals surface area contributed by atoms with Crippen molar-refractivity contribution in [1.82, 2.24) is 0 Å². The average Bonchev–Trinajstić information content (AvgIpc) is 2.25. The number of hydrogen-bond donors (Lipinski definition) is 0. The van der Waals surface area contributed by atoms with Crippen LogP contribution in [0.25, 0.3) is 0 Å². The smallest absolute Gasteiger partial charge is 0.00121 e. The van der Waals surface area contributed by atoms with E-state index in [1.165, 1.54) is 30.4 Å². The Kier molecular flexibility index (Phi) is 4.18. The lowest BCUT2D eigenvalue weighted by Gasteiger charge is -2.42. The molecule has 0 aromatic carbocycles. The third-order valence-electron chi connectivity index (χ3n) is 3.96. The Balaban J connectivity index is 0.000000606. The van der Waals surface area contributed by atoms with Crippen molar-refractivity contribution in [3.63, 3.8) is 0 Å². The molecule has 0 aromatic rings. The molecule has 0 fully saturated rings. The average molecular weight is 218 g/mol. The third-order valence-corrected chi connectivity index (χ3v) is 3.96. The fourth-order valence-electron chi connectivity index (χ4n) is 2.71. The first-order chi connectivity index (χ1) is 7.51. The van der Waals surface area contributed by atoms with E-state index in [-0.39, 0.29) is 0 Å². The van der Waals surface area contributed by atoms with E-state index in [4.69, 9.17) is 0 Å². The van der Waals surface area contributed by atoms with Gasteiger partial charge in [0.25, 0.3) is 0 Å². The molecule has 0 aromatic heterocycles. The van der Waals surface area contributed by atoms with E-state index in [0.29, 0.717) is 11.3 Å². The molecule has 0 spiro atoms. The van der Waals surface area contributed by atoms with Gasteiger partial charge < -0.3 is 0 Å². The Morgan fingerprint density at radius 3 is 2.50 bits per heavy atom. The summed E-state index contributed by atoms with van der Waals surface area (Å²) >= 11 is 0. The Labute approximate surface area is 101 Å². The second-order valence-corrected chi connectivity index (χ2v) is 5.32. The van der Waals surface area contributed by atoms with Crippen molar-refractivity contribution in [2.45, 2.75) is 53.9 Å². The predicted octanol–water partition coefficient (Wildman–Crippen LogP) is 5.28. The molecule has 2 aliphatic rings. The zero-order chi connectivity index (χ0) is 12.3. The van der Waals surface area contributed by atoms with Crippen LogP contribution in [0.5, 0.6) is 0 Å². The maximum absolute atomic E-state index is 4.16. The number of hydrogen-bond acceptors (Lipinski definition) is 0. The maximum atomic E-state index is 4.16. The van der Waals surface area contributed by atoms with Gasteiger partial charge in [0.2, 0.25) is 0 Å². The van der Waals surface area contributed by atoms with Crippen LogP contribution in [0.3, 0.4) is 0 Å². The molecule has 0 amide bonds. The van der Waals surface area contributed by atoms with Crippen molar-refractivity contribution in [2.75, 3.05) is 0 Å². The second kappa shape index (κ2) is 5.03. The van der Waals surface area contributed by atoms with Crippen LogP contribution in [0, 0.1) is 11.3 Å². The highest BCUT2D eigenvalue weighted by molar-refractivity contribution is 5.36. The minimum Gasteiger partial charge on any atom is -0.0956 e. The van der Waals surface area contributed by atoms with Gasteiger partial charge in [-0.05, 0) is 38.5 Å². The Hall–Kier alpha value is -0.780. The number of fused-ring (bicyclic) bond motifs is 1. The monoisotopic (exact) mass is 218 g/mol. The van der Waals surface area contributed by atoms with Crippen molar-refractivity contribution in [3.8, 4) is 0 Å². The van der Waals surface area contributed by atoms with Crippen molar-refractivity contribution >= 4 is 0 Å². The van der Waals surface area contributed by atoms with Gasteiger partial charge in [0, 0.05) is 5.92 Å². The van der Waals surface area contributed by atoms with E-state index in [9.17, 15) is 0 Å². The maximum Gasteiger partial charge on any atom is 0.00121 e. The molecule has 2 aliphatic carbocycles. The molecule has 0 aliphatic heterocycles. The minimum absolute atomic E-state index is 0.454. The zero-order valence-electron chi connectivity index (χ0n) is 11.6. The summed E-state index contributed by atoms with van der Waals surface area (Å²) in [5, 5.41) is 0. The van der Waals surface area contributed by atoms with E-state index >= 15 is 0 Å². The summed E-state index contributed by atoms with van der Waals surface area (Å²) in [6.45, 7) is 15.0. The third kappa shape index (κ3) is 2.48. The first-order valence-corrected chi connectivity index (χ1v) is 6.55. The van der Waals surface area contributed by atoms with E-state index in [0.717, 1.165) is 0 Å². The molecule has 0 heterocycles. The quantitative estimate of drug-likeness (QED) is 0.485. The molecule has 0 heteroatoms. The predicted molar refractivity (Wildman–Crippen MR) is 73.5 cm³/mol. The lowest BCUT2D eigenvalue weighted by atomic mass is 9.62. The summed E-state index contributed by atoms with van der Waals surface area (Å²) in [7, 11) is 0. The standard InChI is InChI=1S/C14H20.C2H6/c1-10-5-6-14(4)9-12(3)11(2)8-13(14)7-10;1-2/h7-8,13H,3,5-6,9H2,1-2,4H3;1-2H3/t13?,14-;/m1./s1. The lowest BCUT2D eigenvalue weighted by molar-refractivity contribution is 0.220. The fraction of sp³-hybridized carbons (Fsp3) is 0.625. The Bertz CT molecular complexity index is 330. The lowest BCUT2D eigenvalue weighted by Crippen LogP contribution is -2.31. The van der Waals surface area contributed by atoms with E-state index in [1.807, 2.05) is 13.8 Å². The second-order valence-electron chi connectivity index (χ2n) is 5.32. The van der Waals surface area contributed by atoms with Gasteiger partial charge in [-0.25, -0.2) is 0 Å². The fourth-order valence-corrected chi connectivity index (χ4v) is 2.71. The topological polar surface area (TPSA) is 0 Å². The van der Waals surface area contributed by atoms with Gasteiger partial charge in [-0.1, -0.05) is 56.2 Å². The highest BCUT2D eigenvalue weighted by Gasteiger charge is 2.37. The van der Waals surface area contributed by atoms with Gasteiger partial charge in [0.1, 0.15) is 0 Å². The van der Waals surface area contributed by atoms with Gasteiger partial charge in [-0.3, -0.25) is 0 Å². The van der Waals surface area contributed by atoms with Gasteiger partial charge in [-0.2, -0.15) is 0 Å². The van der Waals surface area contributed by atoms with Crippen LogP contribution in [0.15, 0.2) is 35.5 Å². The molecule has 2 rings (SSSR count). The van der Waals surface area contributed by atoms with Crippen LogP contribution in [0.1, 0.15) is 53.9 Å². The zero-order valence-corrected chi connectivity index (χ0v) is 11.6. The van der Waals surface area contributed by atoms with Crippen LogP contribution in [0.2, 0.25) is 0 Å². The highest BCUT2D eigenvalue weighted by Crippen LogP contribution is 2.49. The first kappa shape index (κ1) is 13.3. The molecule has 1 unspecified atom stereocenters. The Morgan fingerprint density at radius 1 is 1.25 bits per heavy atom. The molecule has 90 valence electrons. The van der Waals surface area contributed by atoms with Crippen molar-refractivity contribution in [3.05, 3.63) is 35.5 Å². The van der Waals surface area contributed by atoms with Gasteiger partial charge >= 0.3 is 0 Å². The molecule has 0 nitrogen and oxygen atoms in total. The number of rotatable bonds is 0. The molecule has 16 heavy (non-hydrogen) atoms. The molecule has 0 saturated carbocycles. The Morgan fingerprint density at radius 2 is 1.88 bits per heavy atom. The van der Waals surface area contributed by atoms with Gasteiger partial charge in [0.15, 0.2) is 0 Å². The summed E-state index contributed by atoms with van der Waals surface area (Å²) < 4.78 is 0. The first-order valence-electron chi connectivity index (χ1n) is 6.55. The van der Waals surface area contributed by atoms with Crippen LogP contribution < -0.4 is 0 Å². The number of allylic oxidation sites excluding steroid dienone is 5. The molecular weight excluding hydrogens is 192 g/mol. The van der Waals surface area contributed by atoms with Crippen LogP contribution in [-0.2, 0) is 0 Å². The van der Waals surface area contributed by atoms with Crippen LogP contribution >= 0.6 is 0 Å². The molecule has 2 atom stereocenters. The van der Waals surface area contributed by atoms with Crippen LogP contribution in [0.4, 0.5) is 0 Å². The molecular formula is C16H26. The van der Waals surface area contributed by atoms with E-state index in [2.05, 4.69) is 39.5 Å². The summed E-state index contributed by atoms with van der Waals surface area (Å²) in [5.74, 6) is 0.654. The largest absolute Gasteiger partial charge is 0.0956 e. The van der Waals surface area contributed by atoms with Crippen molar-refractivity contribution in [1.29, 1.82) is 0 Å². The highest BCUT2D eigenvalue weighted by atomic mass is 14.4. The van der Waals surface area contributed by atoms with E-state index < -0.39 is 0 Å². The summed E-state index contributed by atoms with van der Waals surface area (Å²) in [6.07, 6.45) is 8.65. The normalized spacial score (nSPS) is 33.1. The van der Waals surface area contributed by atoms with Crippen LogP contribution in [-0.4, -0.2) is 0 Å². The minimum atomic E-state index is 0.454. The molecule has 0 saturated heterocycles. The van der Waals surface area contributed by atoms with Gasteiger partial charge in [0.05, 0.1) is 0 Å². The molecule has 0 radical (unpaired) electrons. The van der Waals surface area contributed by atoms with E-state index in [1.54, 1.807) is 5.57 Å². The van der Waals surface area contributed by atoms with Crippen molar-refractivity contribution < 1.29 is 0 Å². The van der Waals surface area contributed by atoms with Gasteiger partial charge in [-0.15, -0.1) is 0 Å². The summed E-state index contributed by atoms with van der Waals surface area (Å²) in [4.78, 5) is 0. The summed E-state index contributed by atoms with van der Waals surface area (Å²) in [6, 6.07) is 0. The summed E-state index contributed by atoms with van der Waals surface area (Å²) in [5.41, 5.74) is 4.76. The SMILES string of the molecule is C=C1C[C@@]2(C)CCC(C)=CC2C=C1C.CC. The molecule has 0 N–H and O–H groups in total. The molecule has 0 bridgehead atoms. The van der Waals surface area contributed by atoms with Crippen molar-refractivity contribution in [2.24, 2.45) is 11.3 Å².